The molecule has 122 valence electrons. The molecule has 22 heavy (non-hydrogen) atoms. The van der Waals surface area contributed by atoms with Crippen molar-refractivity contribution in [1.82, 2.24) is 4.72 Å². The van der Waals surface area contributed by atoms with Crippen LogP contribution in [0.5, 0.6) is 0 Å². The predicted molar refractivity (Wildman–Crippen MR) is 79.0 cm³/mol. The number of hydrogen-bond donors (Lipinski definition) is 2. The number of nitro benzene ring substituents is 1. The van der Waals surface area contributed by atoms with Gasteiger partial charge in [0.15, 0.2) is 0 Å². The van der Waals surface area contributed by atoms with E-state index in [9.17, 15) is 23.3 Å². The van der Waals surface area contributed by atoms with E-state index in [0.717, 1.165) is 18.2 Å². The van der Waals surface area contributed by atoms with Gasteiger partial charge in [-0.3, -0.25) is 14.9 Å². The average Bonchev–Trinajstić information content (AvgIpc) is 2.36. The van der Waals surface area contributed by atoms with Gasteiger partial charge in [-0.2, -0.15) is 4.72 Å². The molecule has 1 atom stereocenters. The minimum Gasteiger partial charge on any atom is -0.480 e. The molecule has 0 fully saturated rings. The summed E-state index contributed by atoms with van der Waals surface area (Å²) in [6.07, 6.45) is 0.139. The van der Waals surface area contributed by atoms with Crippen molar-refractivity contribution in [1.29, 1.82) is 0 Å². The highest BCUT2D eigenvalue weighted by Gasteiger charge is 2.27. The number of benzene rings is 1. The molecule has 0 amide bonds. The van der Waals surface area contributed by atoms with Gasteiger partial charge in [-0.05, 0) is 30.9 Å². The van der Waals surface area contributed by atoms with Crippen molar-refractivity contribution in [3.63, 3.8) is 0 Å². The number of carbonyl (C=O) groups is 1. The third-order valence-electron chi connectivity index (χ3n) is 2.96. The molecule has 9 heteroatoms. The third-order valence-corrected chi connectivity index (χ3v) is 4.59. The lowest BCUT2D eigenvalue weighted by atomic mass is 10.1. The fourth-order valence-corrected chi connectivity index (χ4v) is 3.40. The van der Waals surface area contributed by atoms with Crippen LogP contribution in [0.15, 0.2) is 23.1 Å². The molecular weight excluding hydrogens is 312 g/mol. The Bertz CT molecular complexity index is 684. The summed E-state index contributed by atoms with van der Waals surface area (Å²) in [4.78, 5) is 21.0. The molecule has 0 heterocycles. The highest BCUT2D eigenvalue weighted by Crippen LogP contribution is 2.21. The molecule has 0 bridgehead atoms. The minimum atomic E-state index is -4.08. The number of nitro groups is 1. The molecule has 0 aliphatic rings. The topological polar surface area (TPSA) is 127 Å². The SMILES string of the molecule is Cc1cc([N+](=O)[O-])ccc1S(=O)(=O)N[C@@H](CC(C)C)C(=O)O. The largest absolute Gasteiger partial charge is 0.480 e. The van der Waals surface area contributed by atoms with Gasteiger partial charge in [-0.1, -0.05) is 13.8 Å². The van der Waals surface area contributed by atoms with Crippen LogP contribution in [0.2, 0.25) is 0 Å². The van der Waals surface area contributed by atoms with Gasteiger partial charge >= 0.3 is 5.97 Å². The van der Waals surface area contributed by atoms with Crippen LogP contribution in [0.4, 0.5) is 5.69 Å². The summed E-state index contributed by atoms with van der Waals surface area (Å²) in [5, 5.41) is 19.8. The first-order valence-electron chi connectivity index (χ1n) is 6.54. The summed E-state index contributed by atoms with van der Waals surface area (Å²) in [7, 11) is -4.08. The van der Waals surface area contributed by atoms with Crippen LogP contribution < -0.4 is 4.72 Å². The second-order valence-electron chi connectivity index (χ2n) is 5.35. The van der Waals surface area contributed by atoms with Crippen molar-refractivity contribution < 1.29 is 23.2 Å². The molecule has 0 radical (unpaired) electrons. The Labute approximate surface area is 128 Å². The van der Waals surface area contributed by atoms with E-state index in [1.54, 1.807) is 13.8 Å². The highest BCUT2D eigenvalue weighted by atomic mass is 32.2. The molecule has 1 aromatic carbocycles. The molecule has 0 saturated carbocycles. The standard InChI is InChI=1S/C13H18N2O6S/c1-8(2)6-11(13(16)17)14-22(20,21)12-5-4-10(15(18)19)7-9(12)3/h4-5,7-8,11,14H,6H2,1-3H3,(H,16,17)/t11-/m0/s1. The number of carboxylic acids is 1. The summed E-state index contributed by atoms with van der Waals surface area (Å²) in [6, 6.07) is 2.05. The van der Waals surface area contributed by atoms with Crippen molar-refractivity contribution in [2.45, 2.75) is 38.1 Å². The molecular formula is C13H18N2O6S. The van der Waals surface area contributed by atoms with Crippen LogP contribution in [0.3, 0.4) is 0 Å². The van der Waals surface area contributed by atoms with Crippen molar-refractivity contribution in [2.75, 3.05) is 0 Å². The molecule has 8 nitrogen and oxygen atoms in total. The van der Waals surface area contributed by atoms with Gasteiger partial charge in [0, 0.05) is 12.1 Å². The van der Waals surface area contributed by atoms with Gasteiger partial charge in [0.1, 0.15) is 6.04 Å². The van der Waals surface area contributed by atoms with Gasteiger partial charge in [0.05, 0.1) is 9.82 Å². The van der Waals surface area contributed by atoms with Crippen LogP contribution in [0, 0.1) is 23.0 Å². The lowest BCUT2D eigenvalue weighted by molar-refractivity contribution is -0.385. The summed E-state index contributed by atoms with van der Waals surface area (Å²) >= 11 is 0. The zero-order valence-electron chi connectivity index (χ0n) is 12.4. The summed E-state index contributed by atoms with van der Waals surface area (Å²) in [5.41, 5.74) is -0.0520. The summed E-state index contributed by atoms with van der Waals surface area (Å²) in [6.45, 7) is 4.97. The van der Waals surface area contributed by atoms with E-state index in [-0.39, 0.29) is 28.5 Å². The molecule has 1 rings (SSSR count). The first-order chi connectivity index (χ1) is 10.0. The second kappa shape index (κ2) is 6.84. The van der Waals surface area contributed by atoms with Crippen LogP contribution in [-0.4, -0.2) is 30.5 Å². The van der Waals surface area contributed by atoms with Gasteiger partial charge in [-0.25, -0.2) is 8.42 Å². The lowest BCUT2D eigenvalue weighted by Gasteiger charge is -2.17. The van der Waals surface area contributed by atoms with Crippen molar-refractivity contribution in [3.05, 3.63) is 33.9 Å². The zero-order chi connectivity index (χ0) is 17.1. The van der Waals surface area contributed by atoms with E-state index in [0.29, 0.717) is 0 Å². The quantitative estimate of drug-likeness (QED) is 0.578. The van der Waals surface area contributed by atoms with Gasteiger partial charge in [0.2, 0.25) is 10.0 Å². The molecule has 2 N–H and O–H groups in total. The van der Waals surface area contributed by atoms with Crippen LogP contribution >= 0.6 is 0 Å². The van der Waals surface area contributed by atoms with E-state index in [4.69, 9.17) is 5.11 Å². The number of non-ortho nitro benzene ring substituents is 1. The van der Waals surface area contributed by atoms with Crippen LogP contribution in [0.25, 0.3) is 0 Å². The maximum absolute atomic E-state index is 12.3. The number of nitrogens with one attached hydrogen (secondary N) is 1. The number of rotatable bonds is 7. The molecule has 0 aliphatic heterocycles. The fourth-order valence-electron chi connectivity index (χ4n) is 1.97. The average molecular weight is 330 g/mol. The Morgan fingerprint density at radius 1 is 1.41 bits per heavy atom. The number of sulfonamides is 1. The second-order valence-corrected chi connectivity index (χ2v) is 7.03. The normalized spacial score (nSPS) is 13.1. The Morgan fingerprint density at radius 2 is 2.00 bits per heavy atom. The monoisotopic (exact) mass is 330 g/mol. The van der Waals surface area contributed by atoms with Crippen molar-refractivity contribution in [3.8, 4) is 0 Å². The predicted octanol–water partition coefficient (Wildman–Crippen LogP) is 1.68. The lowest BCUT2D eigenvalue weighted by Crippen LogP contribution is -2.41. The molecule has 0 spiro atoms. The summed E-state index contributed by atoms with van der Waals surface area (Å²) < 4.78 is 26.7. The fraction of sp³-hybridized carbons (Fsp3) is 0.462. The van der Waals surface area contributed by atoms with Gasteiger partial charge in [0.25, 0.3) is 5.69 Å². The Hall–Kier alpha value is -2.00. The Morgan fingerprint density at radius 3 is 2.41 bits per heavy atom. The van der Waals surface area contributed by atoms with E-state index >= 15 is 0 Å². The molecule has 0 unspecified atom stereocenters. The van der Waals surface area contributed by atoms with Gasteiger partial charge < -0.3 is 5.11 Å². The minimum absolute atomic E-state index is 0.0123. The van der Waals surface area contributed by atoms with Gasteiger partial charge in [-0.15, -0.1) is 0 Å². The first kappa shape index (κ1) is 18.1. The van der Waals surface area contributed by atoms with E-state index in [1.807, 2.05) is 0 Å². The number of aliphatic carboxylic acids is 1. The van der Waals surface area contributed by atoms with E-state index in [1.165, 1.54) is 6.92 Å². The first-order valence-corrected chi connectivity index (χ1v) is 8.03. The Balaban J connectivity index is 3.13. The maximum atomic E-state index is 12.3. The van der Waals surface area contributed by atoms with E-state index < -0.39 is 27.0 Å². The summed E-state index contributed by atoms with van der Waals surface area (Å²) in [5.74, 6) is -1.28. The third kappa shape index (κ3) is 4.50. The van der Waals surface area contributed by atoms with E-state index in [2.05, 4.69) is 4.72 Å². The van der Waals surface area contributed by atoms with Crippen molar-refractivity contribution >= 4 is 21.7 Å². The number of aryl methyl sites for hydroxylation is 1. The zero-order valence-corrected chi connectivity index (χ0v) is 13.3. The molecule has 0 saturated heterocycles. The number of nitrogens with zero attached hydrogens (tertiary/aromatic N) is 1. The maximum Gasteiger partial charge on any atom is 0.321 e. The number of carboxylic acid groups (broad SMARTS) is 1. The van der Waals surface area contributed by atoms with Crippen LogP contribution in [0.1, 0.15) is 25.8 Å². The molecule has 0 aliphatic carbocycles. The Kier molecular flexibility index (Phi) is 5.61. The molecule has 1 aromatic rings. The highest BCUT2D eigenvalue weighted by molar-refractivity contribution is 7.89. The van der Waals surface area contributed by atoms with Crippen molar-refractivity contribution in [2.24, 2.45) is 5.92 Å². The smallest absolute Gasteiger partial charge is 0.321 e. The molecule has 0 aromatic heterocycles. The van der Waals surface area contributed by atoms with Crippen LogP contribution in [-0.2, 0) is 14.8 Å². The number of hydrogen-bond acceptors (Lipinski definition) is 5.